The van der Waals surface area contributed by atoms with Gasteiger partial charge in [-0.25, -0.2) is 0 Å². The van der Waals surface area contributed by atoms with Crippen molar-refractivity contribution in [3.63, 3.8) is 0 Å². The summed E-state index contributed by atoms with van der Waals surface area (Å²) in [5.74, 6) is 0. The van der Waals surface area contributed by atoms with Gasteiger partial charge in [-0.3, -0.25) is 0 Å². The van der Waals surface area contributed by atoms with Gasteiger partial charge >= 0.3 is 0 Å². The van der Waals surface area contributed by atoms with Crippen LogP contribution in [-0.4, -0.2) is 0 Å². The number of halogens is 3. The first-order chi connectivity index (χ1) is 7.59. The summed E-state index contributed by atoms with van der Waals surface area (Å²) in [7, 11) is 0. The summed E-state index contributed by atoms with van der Waals surface area (Å²) in [5, 5.41) is -0.0527. The minimum atomic E-state index is -0.0527. The van der Waals surface area contributed by atoms with Crippen LogP contribution in [0.25, 0.3) is 0 Å². The van der Waals surface area contributed by atoms with Crippen LogP contribution in [0.3, 0.4) is 0 Å². The third-order valence-corrected chi connectivity index (χ3v) is 6.09. The molecule has 0 saturated heterocycles. The molecule has 2 rings (SSSR count). The Balaban J connectivity index is 2.39. The second-order valence-corrected chi connectivity index (χ2v) is 7.18. The maximum atomic E-state index is 6.51. The molecule has 0 saturated carbocycles. The zero-order chi connectivity index (χ0) is 11.7. The molecular formula is C12H9BrClIS. The van der Waals surface area contributed by atoms with Crippen molar-refractivity contribution in [3.8, 4) is 0 Å². The number of benzene rings is 1. The standard InChI is InChI=1S/C12H9BrClIS/c1-7-9(13)6-11(16-7)12(14)8-4-2-3-5-10(8)15/h2-6,12H,1H3. The van der Waals surface area contributed by atoms with Crippen molar-refractivity contribution in [1.29, 1.82) is 0 Å². The molecule has 84 valence electrons. The third kappa shape index (κ3) is 2.63. The predicted molar refractivity (Wildman–Crippen MR) is 83.6 cm³/mol. The first-order valence-electron chi connectivity index (χ1n) is 4.74. The van der Waals surface area contributed by atoms with E-state index in [-0.39, 0.29) is 5.38 Å². The number of hydrogen-bond acceptors (Lipinski definition) is 1. The van der Waals surface area contributed by atoms with Crippen molar-refractivity contribution in [1.82, 2.24) is 0 Å². The predicted octanol–water partition coefficient (Wildman–Crippen LogP) is 5.75. The highest BCUT2D eigenvalue weighted by molar-refractivity contribution is 14.1. The van der Waals surface area contributed by atoms with Gasteiger partial charge in [0, 0.05) is 17.8 Å². The van der Waals surface area contributed by atoms with Crippen molar-refractivity contribution < 1.29 is 0 Å². The molecule has 0 N–H and O–H groups in total. The molecule has 0 spiro atoms. The smallest absolute Gasteiger partial charge is 0.0938 e. The second-order valence-electron chi connectivity index (χ2n) is 3.44. The van der Waals surface area contributed by atoms with Crippen molar-refractivity contribution in [3.05, 3.63) is 53.7 Å². The summed E-state index contributed by atoms with van der Waals surface area (Å²) >= 11 is 14.1. The lowest BCUT2D eigenvalue weighted by molar-refractivity contribution is 1.17. The molecule has 2 aromatic rings. The zero-order valence-corrected chi connectivity index (χ0v) is 13.8. The largest absolute Gasteiger partial charge is 0.143 e. The van der Waals surface area contributed by atoms with Crippen molar-refractivity contribution in [2.75, 3.05) is 0 Å². The first-order valence-corrected chi connectivity index (χ1v) is 7.86. The Labute approximate surface area is 126 Å². The molecule has 0 fully saturated rings. The van der Waals surface area contributed by atoms with Gasteiger partial charge in [0.15, 0.2) is 0 Å². The number of thiophene rings is 1. The van der Waals surface area contributed by atoms with Gasteiger partial charge in [-0.2, -0.15) is 0 Å². The summed E-state index contributed by atoms with van der Waals surface area (Å²) in [6.45, 7) is 2.10. The average Bonchev–Trinajstić information content (AvgIpc) is 2.59. The Kier molecular flexibility index (Phi) is 4.32. The van der Waals surface area contributed by atoms with Gasteiger partial charge < -0.3 is 0 Å². The van der Waals surface area contributed by atoms with Gasteiger partial charge in [0.25, 0.3) is 0 Å². The van der Waals surface area contributed by atoms with E-state index in [0.717, 1.165) is 4.47 Å². The Hall–Kier alpha value is 0.420. The summed E-state index contributed by atoms with van der Waals surface area (Å²) in [6.07, 6.45) is 0. The van der Waals surface area contributed by atoms with E-state index >= 15 is 0 Å². The van der Waals surface area contributed by atoms with Gasteiger partial charge in [-0.05, 0) is 63.1 Å². The summed E-state index contributed by atoms with van der Waals surface area (Å²) in [5.41, 5.74) is 1.18. The molecule has 1 aromatic carbocycles. The summed E-state index contributed by atoms with van der Waals surface area (Å²) in [6, 6.07) is 10.3. The average molecular weight is 428 g/mol. The second kappa shape index (κ2) is 5.38. The minimum absolute atomic E-state index is 0.0527. The number of alkyl halides is 1. The number of rotatable bonds is 2. The van der Waals surface area contributed by atoms with E-state index in [1.807, 2.05) is 12.1 Å². The molecule has 0 nitrogen and oxygen atoms in total. The summed E-state index contributed by atoms with van der Waals surface area (Å²) in [4.78, 5) is 2.46. The lowest BCUT2D eigenvalue weighted by Gasteiger charge is -2.09. The maximum absolute atomic E-state index is 6.51. The fraction of sp³-hybridized carbons (Fsp3) is 0.167. The lowest BCUT2D eigenvalue weighted by atomic mass is 10.1. The molecule has 1 heterocycles. The van der Waals surface area contributed by atoms with E-state index in [2.05, 4.69) is 63.6 Å². The number of aryl methyl sites for hydroxylation is 1. The van der Waals surface area contributed by atoms with Crippen LogP contribution in [-0.2, 0) is 0 Å². The molecule has 0 aliphatic heterocycles. The van der Waals surface area contributed by atoms with Crippen LogP contribution in [0.4, 0.5) is 0 Å². The van der Waals surface area contributed by atoms with E-state index in [4.69, 9.17) is 11.6 Å². The Morgan fingerprint density at radius 2 is 2.06 bits per heavy atom. The zero-order valence-electron chi connectivity index (χ0n) is 8.51. The van der Waals surface area contributed by atoms with E-state index in [1.165, 1.54) is 18.9 Å². The van der Waals surface area contributed by atoms with E-state index in [0.29, 0.717) is 0 Å². The van der Waals surface area contributed by atoms with Crippen LogP contribution in [0.15, 0.2) is 34.8 Å². The van der Waals surface area contributed by atoms with E-state index in [9.17, 15) is 0 Å². The first kappa shape index (κ1) is 12.9. The third-order valence-electron chi connectivity index (χ3n) is 2.30. The van der Waals surface area contributed by atoms with Gasteiger partial charge in [-0.1, -0.05) is 18.2 Å². The van der Waals surface area contributed by atoms with Gasteiger partial charge in [-0.15, -0.1) is 22.9 Å². The highest BCUT2D eigenvalue weighted by Gasteiger charge is 2.16. The van der Waals surface area contributed by atoms with Crippen LogP contribution in [0.1, 0.15) is 20.7 Å². The van der Waals surface area contributed by atoms with Gasteiger partial charge in [0.1, 0.15) is 0 Å². The maximum Gasteiger partial charge on any atom is 0.0938 e. The Morgan fingerprint density at radius 1 is 1.38 bits per heavy atom. The SMILES string of the molecule is Cc1sc(C(Cl)c2ccccc2I)cc1Br. The number of hydrogen-bond donors (Lipinski definition) is 0. The molecule has 1 aromatic heterocycles. The molecule has 0 aliphatic carbocycles. The van der Waals surface area contributed by atoms with Gasteiger partial charge in [0.2, 0.25) is 0 Å². The molecule has 0 bridgehead atoms. The molecule has 4 heteroatoms. The molecule has 1 unspecified atom stereocenters. The van der Waals surface area contributed by atoms with Crippen molar-refractivity contribution in [2.24, 2.45) is 0 Å². The van der Waals surface area contributed by atoms with Crippen LogP contribution in [0.2, 0.25) is 0 Å². The normalized spacial score (nSPS) is 12.8. The minimum Gasteiger partial charge on any atom is -0.143 e. The van der Waals surface area contributed by atoms with E-state index < -0.39 is 0 Å². The van der Waals surface area contributed by atoms with Crippen LogP contribution >= 0.6 is 61.5 Å². The fourth-order valence-electron chi connectivity index (χ4n) is 1.44. The van der Waals surface area contributed by atoms with E-state index in [1.54, 1.807) is 11.3 Å². The van der Waals surface area contributed by atoms with Crippen LogP contribution in [0.5, 0.6) is 0 Å². The topological polar surface area (TPSA) is 0 Å². The highest BCUT2D eigenvalue weighted by atomic mass is 127. The monoisotopic (exact) mass is 426 g/mol. The molecule has 0 amide bonds. The summed E-state index contributed by atoms with van der Waals surface area (Å²) < 4.78 is 2.35. The lowest BCUT2D eigenvalue weighted by Crippen LogP contribution is -1.92. The van der Waals surface area contributed by atoms with Crippen LogP contribution in [0, 0.1) is 10.5 Å². The molecule has 1 atom stereocenters. The quantitative estimate of drug-likeness (QED) is 0.423. The molecule has 0 radical (unpaired) electrons. The highest BCUT2D eigenvalue weighted by Crippen LogP contribution is 2.38. The Bertz CT molecular complexity index is 490. The Morgan fingerprint density at radius 3 is 2.62 bits per heavy atom. The van der Waals surface area contributed by atoms with Crippen molar-refractivity contribution in [2.45, 2.75) is 12.3 Å². The van der Waals surface area contributed by atoms with Gasteiger partial charge in [0.05, 0.1) is 5.38 Å². The fourth-order valence-corrected chi connectivity index (χ4v) is 4.27. The van der Waals surface area contributed by atoms with Crippen LogP contribution < -0.4 is 0 Å². The molecule has 0 aliphatic rings. The molecular weight excluding hydrogens is 418 g/mol. The van der Waals surface area contributed by atoms with Crippen molar-refractivity contribution >= 4 is 61.5 Å². The molecule has 16 heavy (non-hydrogen) atoms.